The molecule has 1 unspecified atom stereocenters. The molecule has 1 amide bonds. The first-order valence-electron chi connectivity index (χ1n) is 11.4. The number of carbonyl (C=O) groups is 1. The molecule has 12 heteroatoms. The topological polar surface area (TPSA) is 79.8 Å². The highest BCUT2D eigenvalue weighted by Gasteiger charge is 2.37. The van der Waals surface area contributed by atoms with Crippen molar-refractivity contribution < 1.29 is 27.4 Å². The number of benzene rings is 1. The fourth-order valence-corrected chi connectivity index (χ4v) is 5.17. The number of halogens is 3. The van der Waals surface area contributed by atoms with Crippen molar-refractivity contribution in [2.45, 2.75) is 19.1 Å². The van der Waals surface area contributed by atoms with Gasteiger partial charge in [-0.1, -0.05) is 11.3 Å². The highest BCUT2D eigenvalue weighted by molar-refractivity contribution is 7.18. The number of ether oxygens (including phenoxy) is 2. The Balaban J connectivity index is 1.37. The first kappa shape index (κ1) is 24.3. The number of rotatable bonds is 7. The van der Waals surface area contributed by atoms with Crippen LogP contribution in [0.1, 0.15) is 15.9 Å². The van der Waals surface area contributed by atoms with Gasteiger partial charge in [-0.15, -0.1) is 0 Å². The van der Waals surface area contributed by atoms with Crippen molar-refractivity contribution in [1.29, 1.82) is 0 Å². The summed E-state index contributed by atoms with van der Waals surface area (Å²) in [5.41, 5.74) is 2.55. The first-order valence-corrected chi connectivity index (χ1v) is 12.2. The van der Waals surface area contributed by atoms with E-state index in [0.717, 1.165) is 29.2 Å². The van der Waals surface area contributed by atoms with Crippen LogP contribution in [0.3, 0.4) is 0 Å². The Morgan fingerprint density at radius 3 is 2.69 bits per heavy atom. The molecule has 1 aromatic carbocycles. The minimum Gasteiger partial charge on any atom is -0.496 e. The number of hydrogen-bond donors (Lipinski definition) is 1. The fourth-order valence-electron chi connectivity index (χ4n) is 4.35. The number of thiazole rings is 1. The SMILES string of the molecule is COc1cc(-c2cnc(Nc3cc(N4CCOCC4)ccn3)s2)cc2c1C(=O)N(C(F)C(F)F)CC2. The number of amides is 1. The average Bonchev–Trinajstić information content (AvgIpc) is 3.37. The van der Waals surface area contributed by atoms with Crippen LogP contribution in [-0.2, 0) is 11.2 Å². The van der Waals surface area contributed by atoms with Crippen LogP contribution in [0.4, 0.5) is 29.8 Å². The van der Waals surface area contributed by atoms with Gasteiger partial charge in [0.2, 0.25) is 6.30 Å². The third-order valence-corrected chi connectivity index (χ3v) is 7.11. The van der Waals surface area contributed by atoms with Crippen LogP contribution in [0.2, 0.25) is 0 Å². The van der Waals surface area contributed by atoms with E-state index in [0.29, 0.717) is 34.6 Å². The van der Waals surface area contributed by atoms with Crippen LogP contribution in [0, 0.1) is 0 Å². The van der Waals surface area contributed by atoms with Crippen molar-refractivity contribution in [3.05, 3.63) is 47.8 Å². The molecule has 1 N–H and O–H groups in total. The van der Waals surface area contributed by atoms with Gasteiger partial charge in [0.05, 0.1) is 30.8 Å². The fraction of sp³-hybridized carbons (Fsp3) is 0.375. The molecule has 8 nitrogen and oxygen atoms in total. The molecule has 36 heavy (non-hydrogen) atoms. The number of aromatic nitrogens is 2. The van der Waals surface area contributed by atoms with E-state index < -0.39 is 18.6 Å². The third kappa shape index (κ3) is 4.82. The van der Waals surface area contributed by atoms with E-state index in [4.69, 9.17) is 9.47 Å². The summed E-state index contributed by atoms with van der Waals surface area (Å²) < 4.78 is 50.5. The maximum absolute atomic E-state index is 13.9. The molecule has 0 bridgehead atoms. The summed E-state index contributed by atoms with van der Waals surface area (Å²) in [6, 6.07) is 7.36. The van der Waals surface area contributed by atoms with Gasteiger partial charge in [0.1, 0.15) is 11.6 Å². The predicted octanol–water partition coefficient (Wildman–Crippen LogP) is 4.35. The molecule has 0 aliphatic carbocycles. The molecule has 1 fully saturated rings. The van der Waals surface area contributed by atoms with Crippen LogP contribution < -0.4 is 15.0 Å². The van der Waals surface area contributed by atoms with Gasteiger partial charge < -0.3 is 24.6 Å². The summed E-state index contributed by atoms with van der Waals surface area (Å²) >= 11 is 1.40. The number of hydrogen-bond acceptors (Lipinski definition) is 8. The van der Waals surface area contributed by atoms with Gasteiger partial charge >= 0.3 is 0 Å². The van der Waals surface area contributed by atoms with E-state index in [9.17, 15) is 18.0 Å². The predicted molar refractivity (Wildman–Crippen MR) is 130 cm³/mol. The summed E-state index contributed by atoms with van der Waals surface area (Å²) in [6.07, 6.45) is -2.24. The van der Waals surface area contributed by atoms with Gasteiger partial charge in [0, 0.05) is 43.8 Å². The summed E-state index contributed by atoms with van der Waals surface area (Å²) in [5, 5.41) is 3.87. The van der Waals surface area contributed by atoms with Crippen LogP contribution >= 0.6 is 11.3 Å². The minimum absolute atomic E-state index is 0.114. The molecule has 190 valence electrons. The molecule has 0 spiro atoms. The number of nitrogens with zero attached hydrogens (tertiary/aromatic N) is 4. The maximum atomic E-state index is 13.9. The Hall–Kier alpha value is -3.38. The van der Waals surface area contributed by atoms with Crippen LogP contribution in [-0.4, -0.2) is 73.5 Å². The summed E-state index contributed by atoms with van der Waals surface area (Å²) in [5.74, 6) is 0.0696. The quantitative estimate of drug-likeness (QED) is 0.465. The number of alkyl halides is 3. The zero-order valence-corrected chi connectivity index (χ0v) is 20.2. The highest BCUT2D eigenvalue weighted by Crippen LogP contribution is 2.38. The zero-order chi connectivity index (χ0) is 25.2. The van der Waals surface area contributed by atoms with E-state index in [2.05, 4.69) is 20.2 Å². The van der Waals surface area contributed by atoms with Crippen LogP contribution in [0.15, 0.2) is 36.7 Å². The number of pyridine rings is 1. The first-order chi connectivity index (χ1) is 17.4. The van der Waals surface area contributed by atoms with Gasteiger partial charge in [-0.3, -0.25) is 4.79 Å². The van der Waals surface area contributed by atoms with Gasteiger partial charge in [-0.2, -0.15) is 0 Å². The minimum atomic E-state index is -3.27. The van der Waals surface area contributed by atoms with E-state index in [1.807, 2.05) is 12.1 Å². The standard InChI is InChI=1S/C24H24F3N5O3S/c1-34-17-11-15(10-14-3-5-32(22(27)21(25)26)23(33)20(14)17)18-13-29-24(36-18)30-19-12-16(2-4-28-19)31-6-8-35-9-7-31/h2,4,10-13,21-22H,3,5-9H2,1H3,(H,28,29,30). The number of anilines is 3. The lowest BCUT2D eigenvalue weighted by Crippen LogP contribution is -2.46. The highest BCUT2D eigenvalue weighted by atomic mass is 32.1. The molecule has 1 saturated heterocycles. The van der Waals surface area contributed by atoms with E-state index in [-0.39, 0.29) is 24.3 Å². The molecule has 2 aliphatic rings. The van der Waals surface area contributed by atoms with Crippen molar-refractivity contribution in [3.63, 3.8) is 0 Å². The van der Waals surface area contributed by atoms with Crippen molar-refractivity contribution in [2.75, 3.05) is 50.2 Å². The molecular formula is C24H24F3N5O3S. The van der Waals surface area contributed by atoms with Crippen LogP contribution in [0.25, 0.3) is 10.4 Å². The lowest BCUT2D eigenvalue weighted by Gasteiger charge is -2.31. The van der Waals surface area contributed by atoms with Gasteiger partial charge in [-0.25, -0.2) is 23.1 Å². The molecule has 2 aliphatic heterocycles. The van der Waals surface area contributed by atoms with Crippen LogP contribution in [0.5, 0.6) is 5.75 Å². The average molecular weight is 520 g/mol. The molecular weight excluding hydrogens is 495 g/mol. The van der Waals surface area contributed by atoms with Gasteiger partial charge in [0.25, 0.3) is 12.3 Å². The second kappa shape index (κ2) is 10.3. The molecule has 4 heterocycles. The number of carbonyl (C=O) groups excluding carboxylic acids is 1. The second-order valence-corrected chi connectivity index (χ2v) is 9.35. The third-order valence-electron chi connectivity index (χ3n) is 6.15. The largest absolute Gasteiger partial charge is 0.496 e. The zero-order valence-electron chi connectivity index (χ0n) is 19.4. The number of nitrogens with one attached hydrogen (secondary N) is 1. The molecule has 5 rings (SSSR count). The lowest BCUT2D eigenvalue weighted by molar-refractivity contribution is -0.0382. The van der Waals surface area contributed by atoms with E-state index in [1.165, 1.54) is 18.4 Å². The Bertz CT molecular complexity index is 1230. The smallest absolute Gasteiger partial charge is 0.287 e. The Morgan fingerprint density at radius 1 is 1.14 bits per heavy atom. The monoisotopic (exact) mass is 519 g/mol. The van der Waals surface area contributed by atoms with Crippen molar-refractivity contribution in [2.24, 2.45) is 0 Å². The Labute approximate surface area is 209 Å². The van der Waals surface area contributed by atoms with Crippen molar-refractivity contribution in [3.8, 4) is 16.2 Å². The Kier molecular flexibility index (Phi) is 6.97. The number of methoxy groups -OCH3 is 1. The molecule has 0 saturated carbocycles. The normalized spacial score (nSPS) is 16.8. The van der Waals surface area contributed by atoms with E-state index >= 15 is 0 Å². The van der Waals surface area contributed by atoms with Crippen molar-refractivity contribution in [1.82, 2.24) is 14.9 Å². The summed E-state index contributed by atoms with van der Waals surface area (Å²) in [7, 11) is 1.39. The number of fused-ring (bicyclic) bond motifs is 1. The van der Waals surface area contributed by atoms with Gasteiger partial charge in [-0.05, 0) is 35.7 Å². The van der Waals surface area contributed by atoms with Crippen molar-refractivity contribution >= 4 is 33.9 Å². The summed E-state index contributed by atoms with van der Waals surface area (Å²) in [6.45, 7) is 2.88. The van der Waals surface area contributed by atoms with Gasteiger partial charge in [0.15, 0.2) is 5.13 Å². The molecule has 0 radical (unpaired) electrons. The Morgan fingerprint density at radius 2 is 1.94 bits per heavy atom. The number of morpholine rings is 1. The maximum Gasteiger partial charge on any atom is 0.287 e. The molecule has 3 aromatic rings. The molecule has 2 aromatic heterocycles. The summed E-state index contributed by atoms with van der Waals surface area (Å²) in [4.78, 5) is 25.2. The second-order valence-electron chi connectivity index (χ2n) is 8.32. The molecule has 1 atom stereocenters. The lowest BCUT2D eigenvalue weighted by atomic mass is 9.95. The van der Waals surface area contributed by atoms with E-state index in [1.54, 1.807) is 24.5 Å².